The number of aromatic nitrogens is 2. The molecular formula is C25H27F2N5O3. The fourth-order valence-corrected chi connectivity index (χ4v) is 3.74. The van der Waals surface area contributed by atoms with Gasteiger partial charge in [-0.15, -0.1) is 0 Å². The Hall–Kier alpha value is -3.63. The topological polar surface area (TPSA) is 88.6 Å². The first kappa shape index (κ1) is 24.5. The second-order valence-electron chi connectivity index (χ2n) is 8.19. The molecule has 2 N–H and O–H groups in total. The zero-order valence-corrected chi connectivity index (χ0v) is 19.4. The van der Waals surface area contributed by atoms with Gasteiger partial charge in [0.2, 0.25) is 0 Å². The molecule has 1 saturated heterocycles. The van der Waals surface area contributed by atoms with Crippen molar-refractivity contribution in [2.75, 3.05) is 50.1 Å². The van der Waals surface area contributed by atoms with Crippen LogP contribution in [0.15, 0.2) is 49.1 Å². The molecule has 8 nitrogen and oxygen atoms in total. The van der Waals surface area contributed by atoms with Crippen LogP contribution in [0, 0.1) is 12.7 Å². The van der Waals surface area contributed by atoms with Crippen LogP contribution in [-0.4, -0.2) is 60.2 Å². The predicted octanol–water partition coefficient (Wildman–Crippen LogP) is 4.34. The Labute approximate surface area is 202 Å². The summed E-state index contributed by atoms with van der Waals surface area (Å²) in [6.45, 7) is 9.19. The number of amides is 1. The highest BCUT2D eigenvalue weighted by atomic mass is 19.1. The molecule has 1 aromatic heterocycles. The van der Waals surface area contributed by atoms with Gasteiger partial charge in [0.1, 0.15) is 23.7 Å². The second kappa shape index (κ2) is 11.2. The minimum atomic E-state index is -1.12. The van der Waals surface area contributed by atoms with Gasteiger partial charge in [-0.25, -0.2) is 18.7 Å². The van der Waals surface area contributed by atoms with Crippen molar-refractivity contribution in [1.29, 1.82) is 0 Å². The predicted molar refractivity (Wildman–Crippen MR) is 130 cm³/mol. The first-order valence-electron chi connectivity index (χ1n) is 11.3. The van der Waals surface area contributed by atoms with Crippen LogP contribution in [0.25, 0.3) is 10.9 Å². The number of fused-ring (bicyclic) bond motifs is 1. The fraction of sp³-hybridized carbons (Fsp3) is 0.320. The summed E-state index contributed by atoms with van der Waals surface area (Å²) in [5.74, 6) is -1.60. The van der Waals surface area contributed by atoms with Gasteiger partial charge < -0.3 is 20.1 Å². The number of ether oxygens (including phenoxy) is 2. The van der Waals surface area contributed by atoms with E-state index in [4.69, 9.17) is 9.47 Å². The molecule has 0 saturated carbocycles. The van der Waals surface area contributed by atoms with Gasteiger partial charge >= 0.3 is 0 Å². The highest BCUT2D eigenvalue weighted by molar-refractivity contribution is 6.05. The van der Waals surface area contributed by atoms with Gasteiger partial charge in [-0.2, -0.15) is 0 Å². The summed E-state index contributed by atoms with van der Waals surface area (Å²) in [4.78, 5) is 22.9. The van der Waals surface area contributed by atoms with Gasteiger partial charge in [-0.05, 0) is 43.2 Å². The van der Waals surface area contributed by atoms with Crippen molar-refractivity contribution in [3.8, 4) is 5.75 Å². The molecule has 3 aromatic rings. The van der Waals surface area contributed by atoms with Crippen LogP contribution in [0.4, 0.5) is 26.0 Å². The molecule has 1 aliphatic heterocycles. The summed E-state index contributed by atoms with van der Waals surface area (Å²) in [5, 5.41) is 6.21. The Bertz CT molecular complexity index is 1230. The minimum absolute atomic E-state index is 0.265. The molecule has 0 spiro atoms. The lowest BCUT2D eigenvalue weighted by atomic mass is 10.1. The summed E-state index contributed by atoms with van der Waals surface area (Å²) < 4.78 is 38.4. The number of hydrogen-bond acceptors (Lipinski definition) is 7. The number of aryl methyl sites for hydroxylation is 1. The summed E-state index contributed by atoms with van der Waals surface area (Å²) in [6, 6.07) is 7.90. The quantitative estimate of drug-likeness (QED) is 0.346. The number of carbonyl (C=O) groups is 1. The number of rotatable bonds is 9. The standard InChI is InChI=1S/C25H27F2N5O3/c1-16-12-18(4-5-20(16)27)30-24-19-13-22(31-25(33)17(2)26)23(14-21(19)28-15-29-24)35-9-3-6-32-7-10-34-11-8-32/h4-5,12-15H,2-3,6-11H2,1H3,(H,31,33)(H,28,29,30). The largest absolute Gasteiger partial charge is 0.491 e. The van der Waals surface area contributed by atoms with E-state index < -0.39 is 11.7 Å². The van der Waals surface area contributed by atoms with E-state index in [2.05, 4.69) is 32.1 Å². The number of nitrogens with one attached hydrogen (secondary N) is 2. The molecule has 0 aliphatic carbocycles. The SMILES string of the molecule is C=C(F)C(=O)Nc1cc2c(Nc3ccc(F)c(C)c3)ncnc2cc1OCCCN1CCOCC1. The number of benzene rings is 2. The van der Waals surface area contributed by atoms with Gasteiger partial charge in [0.25, 0.3) is 5.91 Å². The molecule has 0 unspecified atom stereocenters. The van der Waals surface area contributed by atoms with Crippen molar-refractivity contribution in [3.63, 3.8) is 0 Å². The van der Waals surface area contributed by atoms with Crippen LogP contribution in [0.1, 0.15) is 12.0 Å². The van der Waals surface area contributed by atoms with Crippen molar-refractivity contribution in [2.45, 2.75) is 13.3 Å². The van der Waals surface area contributed by atoms with Gasteiger partial charge in [-0.1, -0.05) is 6.58 Å². The maximum absolute atomic E-state index is 13.7. The van der Waals surface area contributed by atoms with Crippen LogP contribution in [0.2, 0.25) is 0 Å². The van der Waals surface area contributed by atoms with Gasteiger partial charge in [0.05, 0.1) is 31.0 Å². The van der Waals surface area contributed by atoms with E-state index in [-0.39, 0.29) is 11.5 Å². The monoisotopic (exact) mass is 483 g/mol. The Morgan fingerprint density at radius 1 is 1.23 bits per heavy atom. The van der Waals surface area contributed by atoms with Crippen molar-refractivity contribution in [3.05, 3.63) is 60.4 Å². The minimum Gasteiger partial charge on any atom is -0.491 e. The van der Waals surface area contributed by atoms with E-state index in [1.807, 2.05) is 0 Å². The van der Waals surface area contributed by atoms with E-state index in [1.165, 1.54) is 12.4 Å². The van der Waals surface area contributed by atoms with Crippen LogP contribution in [0.3, 0.4) is 0 Å². The fourth-order valence-electron chi connectivity index (χ4n) is 3.74. The average molecular weight is 484 g/mol. The molecule has 4 rings (SSSR count). The second-order valence-corrected chi connectivity index (χ2v) is 8.19. The molecular weight excluding hydrogens is 456 g/mol. The lowest BCUT2D eigenvalue weighted by Crippen LogP contribution is -2.37. The first-order valence-corrected chi connectivity index (χ1v) is 11.3. The average Bonchev–Trinajstić information content (AvgIpc) is 2.85. The number of nitrogens with zero attached hydrogens (tertiary/aromatic N) is 3. The summed E-state index contributed by atoms with van der Waals surface area (Å²) in [7, 11) is 0. The van der Waals surface area contributed by atoms with Crippen molar-refractivity contribution >= 4 is 34.0 Å². The molecule has 2 heterocycles. The van der Waals surface area contributed by atoms with Crippen LogP contribution < -0.4 is 15.4 Å². The highest BCUT2D eigenvalue weighted by Crippen LogP contribution is 2.34. The van der Waals surface area contributed by atoms with E-state index in [0.717, 1.165) is 39.3 Å². The van der Waals surface area contributed by atoms with Crippen molar-refractivity contribution in [2.24, 2.45) is 0 Å². The van der Waals surface area contributed by atoms with E-state index in [0.29, 0.717) is 40.3 Å². The van der Waals surface area contributed by atoms with Crippen molar-refractivity contribution < 1.29 is 23.0 Å². The van der Waals surface area contributed by atoms with Crippen LogP contribution in [0.5, 0.6) is 5.75 Å². The number of carbonyl (C=O) groups excluding carboxylic acids is 1. The maximum Gasteiger partial charge on any atom is 0.283 e. The van der Waals surface area contributed by atoms with E-state index in [9.17, 15) is 13.6 Å². The third kappa shape index (κ3) is 6.28. The third-order valence-corrected chi connectivity index (χ3v) is 5.63. The van der Waals surface area contributed by atoms with Gasteiger partial charge in [0, 0.05) is 36.8 Å². The lowest BCUT2D eigenvalue weighted by Gasteiger charge is -2.26. The first-order chi connectivity index (χ1) is 16.9. The maximum atomic E-state index is 13.7. The zero-order chi connectivity index (χ0) is 24.8. The van der Waals surface area contributed by atoms with Crippen LogP contribution >= 0.6 is 0 Å². The Morgan fingerprint density at radius 3 is 2.77 bits per heavy atom. The molecule has 0 radical (unpaired) electrons. The molecule has 0 atom stereocenters. The van der Waals surface area contributed by atoms with E-state index in [1.54, 1.807) is 31.2 Å². The number of halogens is 2. The smallest absolute Gasteiger partial charge is 0.283 e. The molecule has 0 bridgehead atoms. The molecule has 35 heavy (non-hydrogen) atoms. The normalized spacial score (nSPS) is 14.0. The summed E-state index contributed by atoms with van der Waals surface area (Å²) in [6.07, 6.45) is 2.16. The van der Waals surface area contributed by atoms with Crippen molar-refractivity contribution in [1.82, 2.24) is 14.9 Å². The Morgan fingerprint density at radius 2 is 2.03 bits per heavy atom. The van der Waals surface area contributed by atoms with Gasteiger partial charge in [0.15, 0.2) is 5.83 Å². The molecule has 1 aliphatic rings. The summed E-state index contributed by atoms with van der Waals surface area (Å²) >= 11 is 0. The number of morpholine rings is 1. The molecule has 184 valence electrons. The summed E-state index contributed by atoms with van der Waals surface area (Å²) in [5.41, 5.74) is 1.94. The number of anilines is 3. The third-order valence-electron chi connectivity index (χ3n) is 5.63. The Kier molecular flexibility index (Phi) is 7.84. The lowest BCUT2D eigenvalue weighted by molar-refractivity contribution is -0.114. The molecule has 2 aromatic carbocycles. The molecule has 1 amide bonds. The zero-order valence-electron chi connectivity index (χ0n) is 19.4. The van der Waals surface area contributed by atoms with Gasteiger partial charge in [-0.3, -0.25) is 9.69 Å². The molecule has 10 heteroatoms. The van der Waals surface area contributed by atoms with Crippen LogP contribution in [-0.2, 0) is 9.53 Å². The number of hydrogen-bond donors (Lipinski definition) is 2. The van der Waals surface area contributed by atoms with E-state index >= 15 is 0 Å². The molecule has 1 fully saturated rings. The highest BCUT2D eigenvalue weighted by Gasteiger charge is 2.16. The Balaban J connectivity index is 1.58.